The molecule has 1 aromatic heterocycles. The number of amides is 3. The first-order valence-electron chi connectivity index (χ1n) is 12.1. The Morgan fingerprint density at radius 3 is 2.16 bits per heavy atom. The first kappa shape index (κ1) is 31.4. The van der Waals surface area contributed by atoms with Crippen LogP contribution in [0.15, 0.2) is 65.3 Å². The highest BCUT2D eigenvalue weighted by Gasteiger charge is 2.67. The molecule has 1 saturated carbocycles. The fraction of sp³-hybridized carbons (Fsp3) is 0.107. The highest BCUT2D eigenvalue weighted by Crippen LogP contribution is 2.65. The molecule has 1 aliphatic rings. The molecule has 0 saturated heterocycles. The smallest absolute Gasteiger partial charge is 0.291 e. The molecule has 15 heteroatoms. The van der Waals surface area contributed by atoms with Crippen LogP contribution in [0.1, 0.15) is 32.4 Å². The number of alkyl halides is 2. The van der Waals surface area contributed by atoms with Crippen LogP contribution in [-0.2, 0) is 4.79 Å². The number of furan rings is 1. The summed E-state index contributed by atoms with van der Waals surface area (Å²) in [5, 5.41) is 7.42. The van der Waals surface area contributed by atoms with Crippen molar-refractivity contribution in [1.29, 1.82) is 0 Å². The predicted octanol–water partition coefficient (Wildman–Crippen LogP) is 9.20. The van der Waals surface area contributed by atoms with E-state index in [2.05, 4.69) is 16.0 Å². The van der Waals surface area contributed by atoms with E-state index in [1.54, 1.807) is 0 Å². The second kappa shape index (κ2) is 12.1. The Kier molecular flexibility index (Phi) is 8.87. The first-order valence-corrected chi connectivity index (χ1v) is 14.3. The van der Waals surface area contributed by atoms with Crippen LogP contribution in [0.4, 0.5) is 25.8 Å². The number of hydrogen-bond donors (Lipinski definition) is 3. The molecule has 4 aromatic rings. The minimum absolute atomic E-state index is 0.0388. The zero-order valence-electron chi connectivity index (χ0n) is 21.1. The number of nitrogens with one attached hydrogen (secondary N) is 3. The lowest BCUT2D eigenvalue weighted by atomic mass is 10.1. The third-order valence-corrected chi connectivity index (χ3v) is 8.97. The summed E-state index contributed by atoms with van der Waals surface area (Å²) in [5.41, 5.74) is -0.772. The molecule has 3 aromatic carbocycles. The Bertz CT molecular complexity index is 1760. The molecule has 43 heavy (non-hydrogen) atoms. The molecule has 1 aliphatic carbocycles. The van der Waals surface area contributed by atoms with E-state index in [9.17, 15) is 18.8 Å². The maximum atomic E-state index is 15.1. The summed E-state index contributed by atoms with van der Waals surface area (Å²) in [6.45, 7) is 0. The Labute approximate surface area is 272 Å². The van der Waals surface area contributed by atoms with Gasteiger partial charge in [0.05, 0.1) is 43.5 Å². The molecule has 2 atom stereocenters. The molecule has 1 unspecified atom stereocenters. The minimum Gasteiger partial charge on any atom is -0.459 e. The molecular weight excluding hydrogens is 693 g/mol. The van der Waals surface area contributed by atoms with Crippen molar-refractivity contribution in [1.82, 2.24) is 0 Å². The van der Waals surface area contributed by atoms with Gasteiger partial charge in [-0.15, -0.1) is 23.2 Å². The molecule has 1 fully saturated rings. The average molecular weight is 708 g/mol. The zero-order chi connectivity index (χ0) is 31.2. The molecule has 5 rings (SSSR count). The Balaban J connectivity index is 1.32. The summed E-state index contributed by atoms with van der Waals surface area (Å²) in [5.74, 6) is -6.48. The van der Waals surface area contributed by atoms with Crippen molar-refractivity contribution in [3.05, 3.63) is 109 Å². The van der Waals surface area contributed by atoms with Crippen molar-refractivity contribution < 1.29 is 27.6 Å². The van der Waals surface area contributed by atoms with E-state index in [4.69, 9.17) is 74.0 Å². The molecule has 1 heterocycles. The number of benzene rings is 3. The number of anilines is 3. The normalized spacial score (nSPS) is 16.8. The second-order valence-electron chi connectivity index (χ2n) is 9.28. The van der Waals surface area contributed by atoms with Gasteiger partial charge in [-0.25, -0.2) is 8.78 Å². The van der Waals surface area contributed by atoms with Crippen LogP contribution < -0.4 is 16.0 Å². The minimum atomic E-state index is -1.48. The number of halogens is 8. The molecule has 3 amide bonds. The second-order valence-corrected chi connectivity index (χ2v) is 12.3. The van der Waals surface area contributed by atoms with Gasteiger partial charge in [-0.05, 0) is 60.2 Å². The third-order valence-electron chi connectivity index (χ3n) is 6.50. The van der Waals surface area contributed by atoms with Crippen LogP contribution in [0.2, 0.25) is 20.1 Å². The van der Waals surface area contributed by atoms with Gasteiger partial charge in [0.25, 0.3) is 11.8 Å². The third kappa shape index (κ3) is 6.29. The SMILES string of the molecule is O=C(Nc1c(F)ccc(NC(=O)c2cc(NC(=O)C3[C@H](c4cc(Cl)c(Cl)c(Cl)c4)C3(Cl)Cl)ccc2Cl)c1F)c1ccco1. The molecule has 0 aliphatic heterocycles. The fourth-order valence-corrected chi connectivity index (χ4v) is 6.00. The highest BCUT2D eigenvalue weighted by atomic mass is 35.5. The van der Waals surface area contributed by atoms with Crippen molar-refractivity contribution >= 4 is 104 Å². The van der Waals surface area contributed by atoms with Crippen LogP contribution in [0.25, 0.3) is 0 Å². The van der Waals surface area contributed by atoms with Gasteiger partial charge in [-0.2, -0.15) is 0 Å². The number of rotatable bonds is 7. The molecule has 222 valence electrons. The largest absolute Gasteiger partial charge is 0.459 e. The van der Waals surface area contributed by atoms with Crippen LogP contribution in [0.3, 0.4) is 0 Å². The highest BCUT2D eigenvalue weighted by molar-refractivity contribution is 6.54. The summed E-state index contributed by atoms with van der Waals surface area (Å²) in [6.07, 6.45) is 1.22. The van der Waals surface area contributed by atoms with Crippen molar-refractivity contribution in [2.24, 2.45) is 5.92 Å². The van der Waals surface area contributed by atoms with Gasteiger partial charge in [0.2, 0.25) is 5.91 Å². The number of carbonyl (C=O) groups excluding carboxylic acids is 3. The van der Waals surface area contributed by atoms with Crippen molar-refractivity contribution in [3.63, 3.8) is 0 Å². The Morgan fingerprint density at radius 1 is 0.814 bits per heavy atom. The quantitative estimate of drug-likeness (QED) is 0.132. The summed E-state index contributed by atoms with van der Waals surface area (Å²) in [4.78, 5) is 38.4. The van der Waals surface area contributed by atoms with Gasteiger partial charge in [0, 0.05) is 11.6 Å². The van der Waals surface area contributed by atoms with E-state index in [1.807, 2.05) is 0 Å². The first-order chi connectivity index (χ1) is 20.3. The molecular formula is C28H15Cl6F2N3O4. The van der Waals surface area contributed by atoms with Crippen molar-refractivity contribution in [2.45, 2.75) is 10.3 Å². The molecule has 0 radical (unpaired) electrons. The zero-order valence-corrected chi connectivity index (χ0v) is 25.6. The van der Waals surface area contributed by atoms with Crippen LogP contribution in [0, 0.1) is 17.6 Å². The van der Waals surface area contributed by atoms with Gasteiger partial charge in [0.15, 0.2) is 11.6 Å². The lowest BCUT2D eigenvalue weighted by Crippen LogP contribution is -2.19. The molecule has 0 bridgehead atoms. The van der Waals surface area contributed by atoms with E-state index in [-0.39, 0.29) is 37.1 Å². The summed E-state index contributed by atoms with van der Waals surface area (Å²) in [6, 6.07) is 11.6. The van der Waals surface area contributed by atoms with Crippen molar-refractivity contribution in [3.8, 4) is 0 Å². The maximum Gasteiger partial charge on any atom is 0.291 e. The summed E-state index contributed by atoms with van der Waals surface area (Å²) in [7, 11) is 0. The van der Waals surface area contributed by atoms with Crippen LogP contribution in [-0.4, -0.2) is 22.1 Å². The monoisotopic (exact) mass is 705 g/mol. The van der Waals surface area contributed by atoms with E-state index >= 15 is 4.39 Å². The number of hydrogen-bond acceptors (Lipinski definition) is 4. The lowest BCUT2D eigenvalue weighted by Gasteiger charge is -2.13. The summed E-state index contributed by atoms with van der Waals surface area (Å²) >= 11 is 37.3. The topological polar surface area (TPSA) is 100 Å². The van der Waals surface area contributed by atoms with Gasteiger partial charge < -0.3 is 20.4 Å². The lowest BCUT2D eigenvalue weighted by molar-refractivity contribution is -0.117. The van der Waals surface area contributed by atoms with Gasteiger partial charge in [-0.3, -0.25) is 14.4 Å². The average Bonchev–Trinajstić information content (AvgIpc) is 3.25. The van der Waals surface area contributed by atoms with Crippen LogP contribution in [0.5, 0.6) is 0 Å². The van der Waals surface area contributed by atoms with E-state index in [0.29, 0.717) is 5.56 Å². The fourth-order valence-electron chi connectivity index (χ4n) is 4.36. The Morgan fingerprint density at radius 2 is 1.51 bits per heavy atom. The molecule has 0 spiro atoms. The standard InChI is InChI=1S/C28H15Cl6F2N3O4/c29-14-4-3-12(37-27(42)21-20(28(21,33)34)11-8-15(30)22(32)16(31)9-11)10-13(14)25(40)38-18-6-5-17(35)24(23(18)36)39-26(41)19-2-1-7-43-19/h1-10,20-21H,(H,37,42)(H,38,40)(H,39,41)/t20-,21?/m0/s1. The van der Waals surface area contributed by atoms with Crippen LogP contribution >= 0.6 is 69.6 Å². The van der Waals surface area contributed by atoms with E-state index in [0.717, 1.165) is 12.1 Å². The predicted molar refractivity (Wildman–Crippen MR) is 163 cm³/mol. The van der Waals surface area contributed by atoms with Gasteiger partial charge in [0.1, 0.15) is 15.8 Å². The summed E-state index contributed by atoms with van der Waals surface area (Å²) < 4.78 is 32.9. The van der Waals surface area contributed by atoms with E-state index in [1.165, 1.54) is 48.7 Å². The van der Waals surface area contributed by atoms with E-state index < -0.39 is 56.9 Å². The maximum absolute atomic E-state index is 15.1. The van der Waals surface area contributed by atoms with Gasteiger partial charge >= 0.3 is 0 Å². The molecule has 3 N–H and O–H groups in total. The van der Waals surface area contributed by atoms with Gasteiger partial charge in [-0.1, -0.05) is 46.4 Å². The molecule has 7 nitrogen and oxygen atoms in total. The number of carbonyl (C=O) groups is 3. The Hall–Kier alpha value is -3.05. The van der Waals surface area contributed by atoms with Crippen molar-refractivity contribution in [2.75, 3.05) is 16.0 Å².